The number of nitrogens with one attached hydrogen (secondary N) is 1. The van der Waals surface area contributed by atoms with E-state index in [2.05, 4.69) is 5.32 Å². The van der Waals surface area contributed by atoms with Crippen LogP contribution in [0.4, 0.5) is 0 Å². The third kappa shape index (κ3) is 6.73. The number of carboxylic acids is 1. The van der Waals surface area contributed by atoms with Crippen molar-refractivity contribution in [2.24, 2.45) is 0 Å². The lowest BCUT2D eigenvalue weighted by molar-refractivity contribution is -0.131. The Balaban J connectivity index is 2.38. The van der Waals surface area contributed by atoms with Crippen molar-refractivity contribution < 1.29 is 19.4 Å². The molecule has 0 saturated heterocycles. The van der Waals surface area contributed by atoms with Crippen LogP contribution in [0.25, 0.3) is 6.08 Å². The van der Waals surface area contributed by atoms with E-state index in [1.165, 1.54) is 17.4 Å². The molecule has 0 aliphatic heterocycles. The first-order valence-electron chi connectivity index (χ1n) is 5.85. The first-order chi connectivity index (χ1) is 8.97. The molecule has 1 aromatic rings. The third-order valence-electron chi connectivity index (χ3n) is 2.08. The molecule has 0 fully saturated rings. The zero-order chi connectivity index (χ0) is 14.3. The predicted molar refractivity (Wildman–Crippen MR) is 73.9 cm³/mol. The number of rotatable bonds is 7. The number of hydrogen-bond donors (Lipinski definition) is 2. The average molecular weight is 283 g/mol. The monoisotopic (exact) mass is 283 g/mol. The van der Waals surface area contributed by atoms with Gasteiger partial charge in [0.2, 0.25) is 5.91 Å². The Kier molecular flexibility index (Phi) is 6.24. The number of carbonyl (C=O) groups is 2. The summed E-state index contributed by atoms with van der Waals surface area (Å²) in [6.45, 7) is 4.21. The summed E-state index contributed by atoms with van der Waals surface area (Å²) in [5.74, 6) is -1.14. The lowest BCUT2D eigenvalue weighted by Crippen LogP contribution is -2.27. The van der Waals surface area contributed by atoms with Crippen LogP contribution >= 0.6 is 11.3 Å². The highest BCUT2D eigenvalue weighted by Crippen LogP contribution is 2.17. The molecule has 1 aromatic heterocycles. The molecule has 0 radical (unpaired) electrons. The number of amides is 1. The van der Waals surface area contributed by atoms with Gasteiger partial charge in [-0.15, -0.1) is 11.3 Å². The summed E-state index contributed by atoms with van der Waals surface area (Å²) in [5.41, 5.74) is 0. The van der Waals surface area contributed by atoms with Crippen molar-refractivity contribution in [3.63, 3.8) is 0 Å². The van der Waals surface area contributed by atoms with E-state index in [4.69, 9.17) is 9.84 Å². The number of carboxylic acid groups (broad SMARTS) is 1. The third-order valence-corrected chi connectivity index (χ3v) is 3.13. The highest BCUT2D eigenvalue weighted by Gasteiger charge is 2.04. The molecule has 1 heterocycles. The first-order valence-corrected chi connectivity index (χ1v) is 6.67. The fourth-order valence-corrected chi connectivity index (χ4v) is 2.07. The average Bonchev–Trinajstić information content (AvgIpc) is 2.79. The molecule has 1 rings (SSSR count). The van der Waals surface area contributed by atoms with Crippen molar-refractivity contribution in [3.8, 4) is 0 Å². The Labute approximate surface area is 115 Å². The fourth-order valence-electron chi connectivity index (χ4n) is 1.21. The SMILES string of the molecule is CC(C)OCC(=O)NCc1ccc(/C=C/C(=O)O)s1. The Bertz CT molecular complexity index is 465. The topological polar surface area (TPSA) is 75.6 Å². The molecule has 2 N–H and O–H groups in total. The molecule has 0 spiro atoms. The maximum Gasteiger partial charge on any atom is 0.328 e. The van der Waals surface area contributed by atoms with Crippen molar-refractivity contribution in [1.82, 2.24) is 5.32 Å². The highest BCUT2D eigenvalue weighted by molar-refractivity contribution is 7.12. The summed E-state index contributed by atoms with van der Waals surface area (Å²) in [6.07, 6.45) is 2.64. The van der Waals surface area contributed by atoms with Crippen LogP contribution in [0.5, 0.6) is 0 Å². The number of ether oxygens (including phenoxy) is 1. The minimum atomic E-state index is -0.978. The van der Waals surface area contributed by atoms with Crippen molar-refractivity contribution >= 4 is 29.3 Å². The number of hydrogen-bond acceptors (Lipinski definition) is 4. The van der Waals surface area contributed by atoms with Gasteiger partial charge in [-0.25, -0.2) is 4.79 Å². The summed E-state index contributed by atoms with van der Waals surface area (Å²) in [4.78, 5) is 23.6. The number of aliphatic carboxylic acids is 1. The molecular formula is C13H17NO4S. The standard InChI is InChI=1S/C13H17NO4S/c1-9(2)18-8-12(15)14-7-11-4-3-10(19-11)5-6-13(16)17/h3-6,9H,7-8H2,1-2H3,(H,14,15)(H,16,17)/b6-5+. The van der Waals surface area contributed by atoms with Crippen LogP contribution in [0.1, 0.15) is 23.6 Å². The molecule has 104 valence electrons. The molecule has 0 aliphatic carbocycles. The normalized spacial score (nSPS) is 11.1. The Morgan fingerprint density at radius 1 is 1.47 bits per heavy atom. The van der Waals surface area contributed by atoms with E-state index in [1.54, 1.807) is 0 Å². The Morgan fingerprint density at radius 2 is 2.21 bits per heavy atom. The van der Waals surface area contributed by atoms with Gasteiger partial charge in [0, 0.05) is 15.8 Å². The highest BCUT2D eigenvalue weighted by atomic mass is 32.1. The summed E-state index contributed by atoms with van der Waals surface area (Å²) in [5, 5.41) is 11.2. The van der Waals surface area contributed by atoms with Crippen LogP contribution in [0.3, 0.4) is 0 Å². The van der Waals surface area contributed by atoms with Crippen LogP contribution in [0.2, 0.25) is 0 Å². The van der Waals surface area contributed by atoms with E-state index < -0.39 is 5.97 Å². The van der Waals surface area contributed by atoms with Crippen LogP contribution in [-0.4, -0.2) is 29.7 Å². The lowest BCUT2D eigenvalue weighted by Gasteiger charge is -2.07. The molecule has 0 unspecified atom stereocenters. The van der Waals surface area contributed by atoms with Gasteiger partial charge in [0.05, 0.1) is 12.6 Å². The van der Waals surface area contributed by atoms with Crippen LogP contribution in [0, 0.1) is 0 Å². The van der Waals surface area contributed by atoms with E-state index in [-0.39, 0.29) is 18.6 Å². The zero-order valence-electron chi connectivity index (χ0n) is 10.9. The van der Waals surface area contributed by atoms with Gasteiger partial charge in [0.25, 0.3) is 0 Å². The van der Waals surface area contributed by atoms with E-state index in [1.807, 2.05) is 26.0 Å². The fraction of sp³-hybridized carbons (Fsp3) is 0.385. The molecule has 0 aromatic carbocycles. The van der Waals surface area contributed by atoms with E-state index >= 15 is 0 Å². The summed E-state index contributed by atoms with van der Waals surface area (Å²) >= 11 is 1.44. The van der Waals surface area contributed by atoms with Gasteiger partial charge in [0.1, 0.15) is 6.61 Å². The largest absolute Gasteiger partial charge is 0.478 e. The molecule has 5 nitrogen and oxygen atoms in total. The van der Waals surface area contributed by atoms with Crippen LogP contribution in [0.15, 0.2) is 18.2 Å². The summed E-state index contributed by atoms with van der Waals surface area (Å²) in [7, 11) is 0. The summed E-state index contributed by atoms with van der Waals surface area (Å²) in [6, 6.07) is 3.67. The minimum absolute atomic E-state index is 0.0280. The molecular weight excluding hydrogens is 266 g/mol. The van der Waals surface area contributed by atoms with E-state index in [9.17, 15) is 9.59 Å². The zero-order valence-corrected chi connectivity index (χ0v) is 11.7. The second-order valence-electron chi connectivity index (χ2n) is 4.11. The van der Waals surface area contributed by atoms with Gasteiger partial charge in [-0.05, 0) is 32.1 Å². The lowest BCUT2D eigenvalue weighted by atomic mass is 10.4. The molecule has 0 aliphatic rings. The molecule has 0 bridgehead atoms. The Morgan fingerprint density at radius 3 is 2.84 bits per heavy atom. The quantitative estimate of drug-likeness (QED) is 0.749. The van der Waals surface area contributed by atoms with E-state index in [0.717, 1.165) is 15.8 Å². The molecule has 1 amide bonds. The predicted octanol–water partition coefficient (Wildman–Crippen LogP) is 1.89. The van der Waals surface area contributed by atoms with Gasteiger partial charge in [0.15, 0.2) is 0 Å². The Hall–Kier alpha value is -1.66. The number of carbonyl (C=O) groups excluding carboxylic acids is 1. The van der Waals surface area contributed by atoms with Gasteiger partial charge in [-0.1, -0.05) is 0 Å². The first kappa shape index (κ1) is 15.4. The maximum absolute atomic E-state index is 11.4. The second-order valence-corrected chi connectivity index (χ2v) is 5.31. The molecule has 6 heteroatoms. The molecule has 19 heavy (non-hydrogen) atoms. The maximum atomic E-state index is 11.4. The second kappa shape index (κ2) is 7.70. The van der Waals surface area contributed by atoms with Gasteiger partial charge >= 0.3 is 5.97 Å². The summed E-state index contributed by atoms with van der Waals surface area (Å²) < 4.78 is 5.18. The minimum Gasteiger partial charge on any atom is -0.478 e. The van der Waals surface area contributed by atoms with Crippen molar-refractivity contribution in [3.05, 3.63) is 28.0 Å². The van der Waals surface area contributed by atoms with Crippen molar-refractivity contribution in [2.75, 3.05) is 6.61 Å². The van der Waals surface area contributed by atoms with Crippen molar-refractivity contribution in [2.45, 2.75) is 26.5 Å². The van der Waals surface area contributed by atoms with Gasteiger partial charge in [-0.3, -0.25) is 4.79 Å². The number of thiophene rings is 1. The molecule has 0 saturated carbocycles. The smallest absolute Gasteiger partial charge is 0.328 e. The molecule has 0 atom stereocenters. The van der Waals surface area contributed by atoms with E-state index in [0.29, 0.717) is 6.54 Å². The van der Waals surface area contributed by atoms with Crippen molar-refractivity contribution in [1.29, 1.82) is 0 Å². The van der Waals surface area contributed by atoms with Crippen LogP contribution in [-0.2, 0) is 20.9 Å². The van der Waals surface area contributed by atoms with Gasteiger partial charge in [-0.2, -0.15) is 0 Å². The van der Waals surface area contributed by atoms with Crippen LogP contribution < -0.4 is 5.32 Å². The van der Waals surface area contributed by atoms with Gasteiger partial charge < -0.3 is 15.2 Å².